The second-order valence-electron chi connectivity index (χ2n) is 6.27. The molecule has 4 unspecified atom stereocenters. The summed E-state index contributed by atoms with van der Waals surface area (Å²) in [4.78, 5) is 1.93. The first-order valence-corrected chi connectivity index (χ1v) is 7.58. The number of hydrogen-bond acceptors (Lipinski definition) is 5. The van der Waals surface area contributed by atoms with Crippen molar-refractivity contribution in [2.24, 2.45) is 11.8 Å². The quantitative estimate of drug-likeness (QED) is 0.535. The van der Waals surface area contributed by atoms with Gasteiger partial charge >= 0.3 is 0 Å². The van der Waals surface area contributed by atoms with E-state index in [1.165, 1.54) is 0 Å². The average molecular weight is 285 g/mol. The van der Waals surface area contributed by atoms with Gasteiger partial charge < -0.3 is 20.4 Å². The molecule has 0 aromatic rings. The van der Waals surface area contributed by atoms with Gasteiger partial charge in [0.2, 0.25) is 0 Å². The summed E-state index contributed by atoms with van der Waals surface area (Å²) < 4.78 is 0. The number of aliphatic hydroxyl groups is 4. The van der Waals surface area contributed by atoms with Crippen molar-refractivity contribution in [3.8, 4) is 0 Å². The summed E-state index contributed by atoms with van der Waals surface area (Å²) in [5.41, 5.74) is 0. The highest BCUT2D eigenvalue weighted by Gasteiger charge is 2.41. The molecule has 0 spiro atoms. The fourth-order valence-electron chi connectivity index (χ4n) is 3.53. The van der Waals surface area contributed by atoms with Gasteiger partial charge in [0.15, 0.2) is 0 Å². The van der Waals surface area contributed by atoms with Gasteiger partial charge in [0.05, 0.1) is 18.8 Å². The third kappa shape index (κ3) is 3.40. The van der Waals surface area contributed by atoms with Crippen LogP contribution in [0.3, 0.4) is 0 Å². The largest absolute Gasteiger partial charge is 0.395 e. The molecule has 0 radical (unpaired) electrons. The molecule has 4 N–H and O–H groups in total. The van der Waals surface area contributed by atoms with Gasteiger partial charge in [-0.1, -0.05) is 6.08 Å². The van der Waals surface area contributed by atoms with E-state index in [1.807, 2.05) is 11.0 Å². The van der Waals surface area contributed by atoms with Gasteiger partial charge in [0, 0.05) is 13.1 Å². The SMILES string of the molecule is C=CC1CCC(CN2CC(O)C(O)C(O)C2CO)CC1. The maximum Gasteiger partial charge on any atom is 0.109 e. The van der Waals surface area contributed by atoms with Crippen molar-refractivity contribution in [3.63, 3.8) is 0 Å². The lowest BCUT2D eigenvalue weighted by atomic mass is 9.81. The highest BCUT2D eigenvalue weighted by molar-refractivity contribution is 4.95. The summed E-state index contributed by atoms with van der Waals surface area (Å²) >= 11 is 0. The topological polar surface area (TPSA) is 84.2 Å². The number of allylic oxidation sites excluding steroid dienone is 1. The Labute approximate surface area is 120 Å². The molecule has 0 aromatic carbocycles. The Morgan fingerprint density at radius 3 is 2.25 bits per heavy atom. The number of rotatable bonds is 4. The highest BCUT2D eigenvalue weighted by Crippen LogP contribution is 2.31. The molecule has 1 aliphatic carbocycles. The summed E-state index contributed by atoms with van der Waals surface area (Å²) in [7, 11) is 0. The number of hydrogen-bond donors (Lipinski definition) is 4. The zero-order chi connectivity index (χ0) is 14.7. The lowest BCUT2D eigenvalue weighted by molar-refractivity contribution is -0.148. The molecule has 2 rings (SSSR count). The van der Waals surface area contributed by atoms with Gasteiger partial charge in [-0.15, -0.1) is 6.58 Å². The van der Waals surface area contributed by atoms with Gasteiger partial charge in [-0.3, -0.25) is 4.90 Å². The first-order chi connectivity index (χ1) is 9.56. The first kappa shape index (κ1) is 15.9. The number of piperidine rings is 1. The molecule has 1 aliphatic heterocycles. The molecule has 0 aromatic heterocycles. The molecule has 0 amide bonds. The first-order valence-electron chi connectivity index (χ1n) is 7.58. The third-order valence-electron chi connectivity index (χ3n) is 4.93. The molecule has 116 valence electrons. The molecule has 1 saturated carbocycles. The number of likely N-dealkylation sites (tertiary alicyclic amines) is 1. The van der Waals surface area contributed by atoms with Crippen LogP contribution in [0, 0.1) is 11.8 Å². The van der Waals surface area contributed by atoms with Gasteiger partial charge in [-0.05, 0) is 37.5 Å². The van der Waals surface area contributed by atoms with Crippen molar-refractivity contribution in [2.45, 2.75) is 50.0 Å². The number of nitrogens with zero attached hydrogens (tertiary/aromatic N) is 1. The Kier molecular flexibility index (Phi) is 5.57. The number of β-amino-alcohol motifs (C(OH)–C–C–N with tert-alkyl or cyclic N) is 1. The zero-order valence-electron chi connectivity index (χ0n) is 11.9. The summed E-state index contributed by atoms with van der Waals surface area (Å²) in [6.07, 6.45) is 3.32. The van der Waals surface area contributed by atoms with Crippen LogP contribution in [0.25, 0.3) is 0 Å². The Morgan fingerprint density at radius 1 is 1.05 bits per heavy atom. The Bertz CT molecular complexity index is 317. The van der Waals surface area contributed by atoms with Crippen LogP contribution in [0.5, 0.6) is 0 Å². The molecular formula is C15H27NO4. The summed E-state index contributed by atoms with van der Waals surface area (Å²) in [5, 5.41) is 38.9. The number of aliphatic hydroxyl groups excluding tert-OH is 4. The second kappa shape index (κ2) is 7.00. The van der Waals surface area contributed by atoms with Crippen LogP contribution in [0.15, 0.2) is 12.7 Å². The molecular weight excluding hydrogens is 258 g/mol. The van der Waals surface area contributed by atoms with Gasteiger partial charge in [-0.2, -0.15) is 0 Å². The van der Waals surface area contributed by atoms with Crippen molar-refractivity contribution in [3.05, 3.63) is 12.7 Å². The van der Waals surface area contributed by atoms with Gasteiger partial charge in [-0.25, -0.2) is 0 Å². The van der Waals surface area contributed by atoms with Crippen molar-refractivity contribution < 1.29 is 20.4 Å². The predicted octanol–water partition coefficient (Wildman–Crippen LogP) is -0.262. The van der Waals surface area contributed by atoms with Crippen LogP contribution in [0.2, 0.25) is 0 Å². The fraction of sp³-hybridized carbons (Fsp3) is 0.867. The highest BCUT2D eigenvalue weighted by atomic mass is 16.4. The van der Waals surface area contributed by atoms with Crippen LogP contribution in [-0.2, 0) is 0 Å². The van der Waals surface area contributed by atoms with Crippen LogP contribution in [0.1, 0.15) is 25.7 Å². The standard InChI is InChI=1S/C15H27NO4/c1-2-10-3-5-11(6-4-10)7-16-8-13(18)15(20)14(19)12(16)9-17/h2,10-15,17-20H,1,3-9H2. The van der Waals surface area contributed by atoms with E-state index in [4.69, 9.17) is 0 Å². The van der Waals surface area contributed by atoms with Crippen molar-refractivity contribution in [1.29, 1.82) is 0 Å². The zero-order valence-corrected chi connectivity index (χ0v) is 11.9. The molecule has 1 saturated heterocycles. The molecule has 2 aliphatic rings. The van der Waals surface area contributed by atoms with E-state index in [0.717, 1.165) is 32.2 Å². The van der Waals surface area contributed by atoms with Crippen molar-refractivity contribution in [2.75, 3.05) is 19.7 Å². The van der Waals surface area contributed by atoms with Crippen LogP contribution >= 0.6 is 0 Å². The van der Waals surface area contributed by atoms with Gasteiger partial charge in [0.25, 0.3) is 0 Å². The van der Waals surface area contributed by atoms with E-state index < -0.39 is 24.4 Å². The van der Waals surface area contributed by atoms with Gasteiger partial charge in [0.1, 0.15) is 12.2 Å². The molecule has 2 fully saturated rings. The minimum Gasteiger partial charge on any atom is -0.395 e. The van der Waals surface area contributed by atoms with Crippen LogP contribution < -0.4 is 0 Å². The minimum atomic E-state index is -1.17. The maximum atomic E-state index is 9.96. The van der Waals surface area contributed by atoms with E-state index in [-0.39, 0.29) is 6.61 Å². The van der Waals surface area contributed by atoms with E-state index in [0.29, 0.717) is 18.4 Å². The van der Waals surface area contributed by atoms with Crippen LogP contribution in [-0.4, -0.2) is 69.4 Å². The van der Waals surface area contributed by atoms with E-state index >= 15 is 0 Å². The maximum absolute atomic E-state index is 9.96. The molecule has 0 bridgehead atoms. The Hall–Kier alpha value is -0.460. The molecule has 5 heteroatoms. The summed E-state index contributed by atoms with van der Waals surface area (Å²) in [6.45, 7) is 4.71. The molecule has 5 nitrogen and oxygen atoms in total. The normalized spacial score (nSPS) is 43.4. The lowest BCUT2D eigenvalue weighted by Gasteiger charge is -2.45. The van der Waals surface area contributed by atoms with E-state index in [2.05, 4.69) is 6.58 Å². The predicted molar refractivity (Wildman–Crippen MR) is 76.1 cm³/mol. The summed E-state index contributed by atoms with van der Waals surface area (Å²) in [6, 6.07) is -0.481. The minimum absolute atomic E-state index is 0.201. The second-order valence-corrected chi connectivity index (χ2v) is 6.27. The third-order valence-corrected chi connectivity index (χ3v) is 4.93. The Morgan fingerprint density at radius 2 is 1.70 bits per heavy atom. The summed E-state index contributed by atoms with van der Waals surface area (Å²) in [5.74, 6) is 1.13. The molecule has 20 heavy (non-hydrogen) atoms. The molecule has 1 heterocycles. The van der Waals surface area contributed by atoms with Crippen molar-refractivity contribution in [1.82, 2.24) is 4.90 Å². The van der Waals surface area contributed by atoms with Crippen molar-refractivity contribution >= 4 is 0 Å². The lowest BCUT2D eigenvalue weighted by Crippen LogP contribution is -2.63. The smallest absolute Gasteiger partial charge is 0.109 e. The average Bonchev–Trinajstić information content (AvgIpc) is 2.46. The fourth-order valence-corrected chi connectivity index (χ4v) is 3.53. The van der Waals surface area contributed by atoms with Crippen LogP contribution in [0.4, 0.5) is 0 Å². The Balaban J connectivity index is 1.92. The molecule has 4 atom stereocenters. The van der Waals surface area contributed by atoms with E-state index in [9.17, 15) is 20.4 Å². The van der Waals surface area contributed by atoms with E-state index in [1.54, 1.807) is 0 Å². The monoisotopic (exact) mass is 285 g/mol.